The van der Waals surface area contributed by atoms with Crippen molar-refractivity contribution < 1.29 is 13.6 Å². The maximum Gasteiger partial charge on any atom is 0.224 e. The van der Waals surface area contributed by atoms with Crippen molar-refractivity contribution in [2.45, 2.75) is 6.92 Å². The zero-order valence-electron chi connectivity index (χ0n) is 13.5. The van der Waals surface area contributed by atoms with Crippen LogP contribution in [0, 0.1) is 11.6 Å². The van der Waals surface area contributed by atoms with Crippen LogP contribution < -0.4 is 10.2 Å². The molecule has 0 unspecified atom stereocenters. The topological polar surface area (TPSA) is 61.4 Å². The van der Waals surface area contributed by atoms with Gasteiger partial charge in [0.1, 0.15) is 5.82 Å². The lowest BCUT2D eigenvalue weighted by Crippen LogP contribution is -2.48. The molecule has 1 aromatic carbocycles. The Morgan fingerprint density at radius 2 is 1.92 bits per heavy atom. The summed E-state index contributed by atoms with van der Waals surface area (Å²) >= 11 is 5.64. The van der Waals surface area contributed by atoms with Crippen molar-refractivity contribution in [1.82, 2.24) is 14.9 Å². The molecule has 132 valence electrons. The number of nitrogens with one attached hydrogen (secondary N) is 1. The summed E-state index contributed by atoms with van der Waals surface area (Å²) in [4.78, 5) is 22.2. The third-order valence-corrected chi connectivity index (χ3v) is 4.17. The molecular formula is C16H16ClF2N5O. The van der Waals surface area contributed by atoms with Gasteiger partial charge in [0, 0.05) is 38.8 Å². The van der Waals surface area contributed by atoms with E-state index in [0.29, 0.717) is 37.6 Å². The second kappa shape index (κ2) is 7.18. The van der Waals surface area contributed by atoms with E-state index in [-0.39, 0.29) is 17.0 Å². The number of amides is 1. The van der Waals surface area contributed by atoms with Gasteiger partial charge < -0.3 is 15.1 Å². The summed E-state index contributed by atoms with van der Waals surface area (Å²) in [6.45, 7) is 3.74. The number of hydrogen-bond donors (Lipinski definition) is 1. The fourth-order valence-electron chi connectivity index (χ4n) is 2.67. The summed E-state index contributed by atoms with van der Waals surface area (Å²) in [6, 6.07) is 4.51. The number of anilines is 3. The normalized spacial score (nSPS) is 14.6. The molecule has 2 heterocycles. The van der Waals surface area contributed by atoms with Crippen LogP contribution in [0.5, 0.6) is 0 Å². The maximum absolute atomic E-state index is 14.5. The van der Waals surface area contributed by atoms with Gasteiger partial charge in [0.2, 0.25) is 11.2 Å². The molecule has 0 aliphatic carbocycles. The second-order valence-electron chi connectivity index (χ2n) is 5.62. The minimum atomic E-state index is -0.686. The van der Waals surface area contributed by atoms with Gasteiger partial charge in [0.15, 0.2) is 11.6 Å². The third-order valence-electron chi connectivity index (χ3n) is 3.99. The molecule has 0 spiro atoms. The number of hydrogen-bond acceptors (Lipinski definition) is 5. The SMILES string of the molecule is CC(=O)N1CCN(c2ccc(Nc3nc(Cl)ncc3F)cc2F)CC1. The van der Waals surface area contributed by atoms with Crippen LogP contribution in [0.25, 0.3) is 0 Å². The Bertz CT molecular complexity index is 796. The minimum Gasteiger partial charge on any atom is -0.366 e. The number of rotatable bonds is 3. The van der Waals surface area contributed by atoms with Crippen LogP contribution in [0.4, 0.5) is 26.0 Å². The molecule has 1 N–H and O–H groups in total. The van der Waals surface area contributed by atoms with Crippen molar-refractivity contribution in [3.8, 4) is 0 Å². The fraction of sp³-hybridized carbons (Fsp3) is 0.312. The summed E-state index contributed by atoms with van der Waals surface area (Å²) in [6.07, 6.45) is 0.941. The highest BCUT2D eigenvalue weighted by molar-refractivity contribution is 6.28. The van der Waals surface area contributed by atoms with Gasteiger partial charge in [0.05, 0.1) is 11.9 Å². The number of nitrogens with zero attached hydrogens (tertiary/aromatic N) is 4. The number of carbonyl (C=O) groups excluding carboxylic acids is 1. The molecule has 1 aliphatic heterocycles. The molecule has 1 aliphatic rings. The molecule has 0 bridgehead atoms. The van der Waals surface area contributed by atoms with E-state index in [1.54, 1.807) is 17.0 Å². The van der Waals surface area contributed by atoms with Gasteiger partial charge in [-0.15, -0.1) is 0 Å². The van der Waals surface area contributed by atoms with Gasteiger partial charge in [-0.25, -0.2) is 13.8 Å². The van der Waals surface area contributed by atoms with Crippen LogP contribution >= 0.6 is 11.6 Å². The first-order valence-electron chi connectivity index (χ1n) is 7.69. The van der Waals surface area contributed by atoms with Crippen molar-refractivity contribution in [1.29, 1.82) is 0 Å². The quantitative estimate of drug-likeness (QED) is 0.845. The van der Waals surface area contributed by atoms with Crippen LogP contribution in [-0.2, 0) is 4.79 Å². The Hall–Kier alpha value is -2.48. The number of piperazine rings is 1. The van der Waals surface area contributed by atoms with Crippen molar-refractivity contribution >= 4 is 34.7 Å². The highest BCUT2D eigenvalue weighted by atomic mass is 35.5. The molecule has 1 aromatic heterocycles. The molecule has 9 heteroatoms. The van der Waals surface area contributed by atoms with Crippen LogP contribution in [-0.4, -0.2) is 47.0 Å². The van der Waals surface area contributed by atoms with Crippen molar-refractivity contribution in [3.05, 3.63) is 41.3 Å². The molecule has 1 saturated heterocycles. The smallest absolute Gasteiger partial charge is 0.224 e. The van der Waals surface area contributed by atoms with Crippen LogP contribution in [0.15, 0.2) is 24.4 Å². The maximum atomic E-state index is 14.5. The van der Waals surface area contributed by atoms with Gasteiger partial charge in [0.25, 0.3) is 0 Å². The van der Waals surface area contributed by atoms with Gasteiger partial charge in [-0.3, -0.25) is 4.79 Å². The van der Waals surface area contributed by atoms with Gasteiger partial charge in [-0.1, -0.05) is 0 Å². The molecule has 0 atom stereocenters. The fourth-order valence-corrected chi connectivity index (χ4v) is 2.81. The van der Waals surface area contributed by atoms with Gasteiger partial charge in [-0.05, 0) is 29.8 Å². The molecule has 25 heavy (non-hydrogen) atoms. The predicted molar refractivity (Wildman–Crippen MR) is 91.1 cm³/mol. The molecule has 1 fully saturated rings. The summed E-state index contributed by atoms with van der Waals surface area (Å²) in [7, 11) is 0. The summed E-state index contributed by atoms with van der Waals surface area (Å²) in [5, 5.41) is 2.58. The largest absolute Gasteiger partial charge is 0.366 e. The molecule has 0 saturated carbocycles. The molecule has 3 rings (SSSR count). The predicted octanol–water partition coefficient (Wildman–Crippen LogP) is 2.82. The van der Waals surface area contributed by atoms with E-state index < -0.39 is 11.6 Å². The van der Waals surface area contributed by atoms with E-state index in [1.807, 2.05) is 4.90 Å². The molecule has 6 nitrogen and oxygen atoms in total. The molecule has 1 amide bonds. The molecular weight excluding hydrogens is 352 g/mol. The van der Waals surface area contributed by atoms with E-state index in [4.69, 9.17) is 11.6 Å². The zero-order chi connectivity index (χ0) is 18.0. The molecule has 2 aromatic rings. The Morgan fingerprint density at radius 3 is 2.56 bits per heavy atom. The van der Waals surface area contributed by atoms with E-state index in [1.165, 1.54) is 13.0 Å². The van der Waals surface area contributed by atoms with E-state index >= 15 is 0 Å². The number of benzene rings is 1. The van der Waals surface area contributed by atoms with E-state index in [9.17, 15) is 13.6 Å². The standard InChI is InChI=1S/C16H16ClF2N5O/c1-10(25)23-4-6-24(7-5-23)14-3-2-11(8-12(14)18)21-15-13(19)9-20-16(17)22-15/h2-3,8-9H,4-7H2,1H3,(H,20,21,22). The van der Waals surface area contributed by atoms with Crippen molar-refractivity contribution in [2.75, 3.05) is 36.4 Å². The monoisotopic (exact) mass is 367 g/mol. The summed E-state index contributed by atoms with van der Waals surface area (Å²) < 4.78 is 28.1. The van der Waals surface area contributed by atoms with E-state index in [0.717, 1.165) is 6.20 Å². The minimum absolute atomic E-state index is 0.0187. The molecule has 0 radical (unpaired) electrons. The average molecular weight is 368 g/mol. The van der Waals surface area contributed by atoms with Gasteiger partial charge in [-0.2, -0.15) is 4.98 Å². The lowest BCUT2D eigenvalue weighted by Gasteiger charge is -2.35. The van der Waals surface area contributed by atoms with Crippen LogP contribution in [0.3, 0.4) is 0 Å². The second-order valence-corrected chi connectivity index (χ2v) is 5.96. The summed E-state index contributed by atoms with van der Waals surface area (Å²) in [5.41, 5.74) is 0.784. The summed E-state index contributed by atoms with van der Waals surface area (Å²) in [5.74, 6) is -1.23. The lowest BCUT2D eigenvalue weighted by molar-refractivity contribution is -0.129. The first kappa shape index (κ1) is 17.3. The van der Waals surface area contributed by atoms with E-state index in [2.05, 4.69) is 15.3 Å². The van der Waals surface area contributed by atoms with Crippen molar-refractivity contribution in [3.63, 3.8) is 0 Å². The number of aromatic nitrogens is 2. The van der Waals surface area contributed by atoms with Crippen LogP contribution in [0.2, 0.25) is 5.28 Å². The third kappa shape index (κ3) is 3.96. The van der Waals surface area contributed by atoms with Crippen LogP contribution in [0.1, 0.15) is 6.92 Å². The highest BCUT2D eigenvalue weighted by Crippen LogP contribution is 2.26. The first-order chi connectivity index (χ1) is 11.9. The Balaban J connectivity index is 1.73. The lowest BCUT2D eigenvalue weighted by atomic mass is 10.2. The zero-order valence-corrected chi connectivity index (χ0v) is 14.2. The Kier molecular flexibility index (Phi) is 4.98. The Morgan fingerprint density at radius 1 is 1.20 bits per heavy atom. The highest BCUT2D eigenvalue weighted by Gasteiger charge is 2.21. The van der Waals surface area contributed by atoms with Gasteiger partial charge >= 0.3 is 0 Å². The average Bonchev–Trinajstić information content (AvgIpc) is 2.58. The van der Waals surface area contributed by atoms with Crippen molar-refractivity contribution in [2.24, 2.45) is 0 Å². The number of halogens is 3. The Labute approximate surface area is 148 Å². The first-order valence-corrected chi connectivity index (χ1v) is 8.07. The number of carbonyl (C=O) groups is 1.